The first-order valence-electron chi connectivity index (χ1n) is 9.32. The van der Waals surface area contributed by atoms with E-state index in [0.717, 1.165) is 24.0 Å². The van der Waals surface area contributed by atoms with E-state index in [9.17, 15) is 13.2 Å². The fourth-order valence-corrected chi connectivity index (χ4v) is 4.57. The Morgan fingerprint density at radius 3 is 2.41 bits per heavy atom. The molecule has 2 aromatic rings. The molecule has 0 saturated heterocycles. The monoisotopic (exact) mass is 383 g/mol. The van der Waals surface area contributed by atoms with Gasteiger partial charge in [-0.3, -0.25) is 4.79 Å². The number of carbonyl (C=O) groups excluding carboxylic acids is 1. The van der Waals surface area contributed by atoms with Crippen molar-refractivity contribution in [2.75, 3.05) is 0 Å². The maximum atomic E-state index is 12.9. The Hall–Kier alpha value is -2.24. The van der Waals surface area contributed by atoms with E-state index >= 15 is 0 Å². The van der Waals surface area contributed by atoms with Crippen LogP contribution in [-0.2, 0) is 21.2 Å². The van der Waals surface area contributed by atoms with E-state index in [1.165, 1.54) is 0 Å². The largest absolute Gasteiger partial charge is 0.295 e. The summed E-state index contributed by atoms with van der Waals surface area (Å²) >= 11 is 0. The first-order chi connectivity index (χ1) is 13.0. The number of hydrogen-bond acceptors (Lipinski definition) is 3. The topological polar surface area (TPSA) is 63.2 Å². The van der Waals surface area contributed by atoms with Gasteiger partial charge in [-0.2, -0.15) is 0 Å². The molecule has 0 amide bonds. The predicted octanol–water partition coefficient (Wildman–Crippen LogP) is 3.95. The van der Waals surface area contributed by atoms with Gasteiger partial charge in [0.05, 0.1) is 10.9 Å². The van der Waals surface area contributed by atoms with Crippen molar-refractivity contribution in [2.24, 2.45) is 0 Å². The minimum absolute atomic E-state index is 0.0471. The second-order valence-electron chi connectivity index (χ2n) is 6.99. The summed E-state index contributed by atoms with van der Waals surface area (Å²) in [6.45, 7) is 1.91. The molecule has 142 valence electrons. The Bertz CT molecular complexity index is 916. The third kappa shape index (κ3) is 5.15. The smallest absolute Gasteiger partial charge is 0.241 e. The van der Waals surface area contributed by atoms with Crippen LogP contribution in [0.2, 0.25) is 0 Å². The van der Waals surface area contributed by atoms with Crippen LogP contribution in [0.15, 0.2) is 71.1 Å². The molecule has 0 bridgehead atoms. The van der Waals surface area contributed by atoms with Gasteiger partial charge in [-0.05, 0) is 50.3 Å². The lowest BCUT2D eigenvalue weighted by Crippen LogP contribution is -2.39. The third-order valence-corrected chi connectivity index (χ3v) is 6.35. The number of nitrogens with one attached hydrogen (secondary N) is 1. The van der Waals surface area contributed by atoms with Gasteiger partial charge in [-0.1, -0.05) is 54.1 Å². The summed E-state index contributed by atoms with van der Waals surface area (Å²) < 4.78 is 28.5. The van der Waals surface area contributed by atoms with Crippen molar-refractivity contribution in [1.29, 1.82) is 0 Å². The van der Waals surface area contributed by atoms with Gasteiger partial charge in [0.25, 0.3) is 0 Å². The number of hydrogen-bond donors (Lipinski definition) is 1. The van der Waals surface area contributed by atoms with Gasteiger partial charge in [0.1, 0.15) is 0 Å². The summed E-state index contributed by atoms with van der Waals surface area (Å²) in [6, 6.07) is 16.2. The zero-order valence-electron chi connectivity index (χ0n) is 15.5. The zero-order valence-corrected chi connectivity index (χ0v) is 16.3. The molecule has 27 heavy (non-hydrogen) atoms. The molecular weight excluding hydrogens is 358 g/mol. The van der Waals surface area contributed by atoms with Crippen LogP contribution >= 0.6 is 0 Å². The maximum absolute atomic E-state index is 12.9. The number of benzene rings is 2. The van der Waals surface area contributed by atoms with Crippen LogP contribution in [0.3, 0.4) is 0 Å². The number of allylic oxidation sites excluding steroid dienone is 1. The van der Waals surface area contributed by atoms with Gasteiger partial charge in [0.2, 0.25) is 10.0 Å². The normalized spacial score (nSPS) is 16.0. The van der Waals surface area contributed by atoms with Crippen molar-refractivity contribution >= 4 is 15.8 Å². The molecule has 4 nitrogen and oxygen atoms in total. The molecule has 1 unspecified atom stereocenters. The van der Waals surface area contributed by atoms with E-state index in [1.807, 2.05) is 43.3 Å². The van der Waals surface area contributed by atoms with Crippen LogP contribution in [0.1, 0.15) is 36.8 Å². The maximum Gasteiger partial charge on any atom is 0.241 e. The minimum Gasteiger partial charge on any atom is -0.295 e. The third-order valence-electron chi connectivity index (χ3n) is 4.86. The van der Waals surface area contributed by atoms with E-state index in [4.69, 9.17) is 0 Å². The van der Waals surface area contributed by atoms with Gasteiger partial charge in [0, 0.05) is 12.0 Å². The molecule has 0 radical (unpaired) electrons. The predicted molar refractivity (Wildman–Crippen MR) is 107 cm³/mol. The van der Waals surface area contributed by atoms with Gasteiger partial charge in [0.15, 0.2) is 5.78 Å². The molecule has 1 N–H and O–H groups in total. The van der Waals surface area contributed by atoms with Crippen molar-refractivity contribution in [1.82, 2.24) is 4.72 Å². The summed E-state index contributed by atoms with van der Waals surface area (Å²) in [5, 5.41) is 0. The number of ketones is 1. The lowest BCUT2D eigenvalue weighted by Gasteiger charge is -2.23. The van der Waals surface area contributed by atoms with Crippen molar-refractivity contribution in [2.45, 2.75) is 50.0 Å². The molecule has 0 spiro atoms. The fraction of sp³-hybridized carbons (Fsp3) is 0.318. The Labute approximate surface area is 161 Å². The average Bonchev–Trinajstić information content (AvgIpc) is 2.67. The van der Waals surface area contributed by atoms with Crippen molar-refractivity contribution < 1.29 is 13.2 Å². The highest BCUT2D eigenvalue weighted by Gasteiger charge is 2.27. The van der Waals surface area contributed by atoms with Crippen LogP contribution in [0.25, 0.3) is 0 Å². The molecular formula is C22H25NO3S. The number of rotatable bonds is 7. The summed E-state index contributed by atoms with van der Waals surface area (Å²) in [4.78, 5) is 12.6. The lowest BCUT2D eigenvalue weighted by molar-refractivity contribution is -0.116. The molecule has 0 fully saturated rings. The van der Waals surface area contributed by atoms with E-state index in [2.05, 4.69) is 4.72 Å². The average molecular weight is 384 g/mol. The molecule has 0 aromatic heterocycles. The molecule has 0 saturated carbocycles. The van der Waals surface area contributed by atoms with Crippen LogP contribution in [0, 0.1) is 6.92 Å². The number of sulfonamides is 1. The molecule has 1 aliphatic carbocycles. The second-order valence-corrected chi connectivity index (χ2v) is 8.70. The Kier molecular flexibility index (Phi) is 6.24. The van der Waals surface area contributed by atoms with Crippen molar-refractivity contribution in [3.8, 4) is 0 Å². The van der Waals surface area contributed by atoms with Crippen LogP contribution in [0.5, 0.6) is 0 Å². The molecule has 1 aliphatic rings. The Balaban J connectivity index is 1.83. The second kappa shape index (κ2) is 8.63. The van der Waals surface area contributed by atoms with Gasteiger partial charge in [-0.25, -0.2) is 13.1 Å². The quantitative estimate of drug-likeness (QED) is 0.787. The van der Waals surface area contributed by atoms with Gasteiger partial charge < -0.3 is 0 Å². The summed E-state index contributed by atoms with van der Waals surface area (Å²) in [5.41, 5.74) is 2.73. The van der Waals surface area contributed by atoms with E-state index in [0.29, 0.717) is 24.8 Å². The van der Waals surface area contributed by atoms with Crippen molar-refractivity contribution in [3.63, 3.8) is 0 Å². The summed E-state index contributed by atoms with van der Waals surface area (Å²) in [5.74, 6) is 0.0471. The van der Waals surface area contributed by atoms with E-state index in [-0.39, 0.29) is 10.7 Å². The summed E-state index contributed by atoms with van der Waals surface area (Å²) in [6.07, 6.45) is 5.28. The lowest BCUT2D eigenvalue weighted by atomic mass is 9.90. The molecule has 5 heteroatoms. The fourth-order valence-electron chi connectivity index (χ4n) is 3.32. The number of aryl methyl sites for hydroxylation is 2. The standard InChI is InChI=1S/C22H25NO3S/c1-17-11-14-19(15-12-17)27(25,26)23-21(20-9-5-6-10-22(20)24)16-13-18-7-3-2-4-8-18/h2-4,7-9,11-12,14-15,21,23H,5-6,10,13,16H2,1H3. The first kappa shape index (κ1) is 19.5. The highest BCUT2D eigenvalue weighted by molar-refractivity contribution is 7.89. The zero-order chi connectivity index (χ0) is 19.3. The van der Waals surface area contributed by atoms with Gasteiger partial charge in [-0.15, -0.1) is 0 Å². The molecule has 0 heterocycles. The number of Topliss-reactive ketones (excluding diaryl/α,β-unsaturated/α-hetero) is 1. The highest BCUT2D eigenvalue weighted by atomic mass is 32.2. The van der Waals surface area contributed by atoms with Crippen LogP contribution in [0.4, 0.5) is 0 Å². The van der Waals surface area contributed by atoms with Crippen LogP contribution < -0.4 is 4.72 Å². The van der Waals surface area contributed by atoms with Crippen LogP contribution in [-0.4, -0.2) is 20.2 Å². The summed E-state index contributed by atoms with van der Waals surface area (Å²) in [7, 11) is -3.70. The Morgan fingerprint density at radius 1 is 1.04 bits per heavy atom. The molecule has 2 aromatic carbocycles. The molecule has 1 atom stereocenters. The van der Waals surface area contributed by atoms with E-state index < -0.39 is 16.1 Å². The minimum atomic E-state index is -3.70. The molecule has 0 aliphatic heterocycles. The first-order valence-corrected chi connectivity index (χ1v) is 10.8. The van der Waals surface area contributed by atoms with Gasteiger partial charge >= 0.3 is 0 Å². The number of carbonyl (C=O) groups is 1. The van der Waals surface area contributed by atoms with Crippen molar-refractivity contribution in [3.05, 3.63) is 77.4 Å². The van der Waals surface area contributed by atoms with E-state index in [1.54, 1.807) is 24.3 Å². The molecule has 3 rings (SSSR count). The SMILES string of the molecule is Cc1ccc(S(=O)(=O)NC(CCc2ccccc2)C2=CCCCC2=O)cc1. The highest BCUT2D eigenvalue weighted by Crippen LogP contribution is 2.22. The Morgan fingerprint density at radius 2 is 1.74 bits per heavy atom.